The van der Waals surface area contributed by atoms with Crippen LogP contribution in [0.2, 0.25) is 0 Å². The fourth-order valence-corrected chi connectivity index (χ4v) is 12.5. The largest absolute Gasteiger partial charge is 0.480 e. The van der Waals surface area contributed by atoms with Gasteiger partial charge >= 0.3 is 23.9 Å². The standard InChI is InChI=1S/C10H20N2O2S2.C8H16N2O4S2.C8H16N2O2S2.C6H12N2O4S2/c1-7(13)9(11-3)5-15-16-6-10(12-4)8(2)14;1-9-5(7(11)12)3-15-16-4-6(10-2)8(13)14;1-5(11)7(9)3-13-14-4-8(10)6(2)12;7-3(5(9)10)1-13-14-2-4(8)6(11)12/h9-12H,5-6H2,1-4H3;5-6,9-10H,3-4H2,1-2H3,(H,11,12)(H,13,14);7-8H,3-4,9-10H2,1-2H3;3-4H,1-2,7-8H2,(H,9,10)(H,11,12). The average Bonchev–Trinajstić information content (AvgIpc) is 3.17. The van der Waals surface area contributed by atoms with Crippen molar-refractivity contribution in [1.82, 2.24) is 21.3 Å². The highest BCUT2D eigenvalue weighted by molar-refractivity contribution is 8.77. The third kappa shape index (κ3) is 39.9. The molecule has 0 rings (SSSR count). The fourth-order valence-electron chi connectivity index (χ4n) is 2.69. The second-order valence-electron chi connectivity index (χ2n) is 11.9. The van der Waals surface area contributed by atoms with Crippen molar-refractivity contribution in [2.24, 2.45) is 22.9 Å². The molecule has 0 aromatic carbocycles. The van der Waals surface area contributed by atoms with Gasteiger partial charge in [-0.15, -0.1) is 0 Å². The van der Waals surface area contributed by atoms with E-state index in [1.165, 1.54) is 78.6 Å². The number of carbonyl (C=O) groups is 8. The van der Waals surface area contributed by atoms with Crippen molar-refractivity contribution in [3.63, 3.8) is 0 Å². The highest BCUT2D eigenvalue weighted by Gasteiger charge is 2.19. The number of ketones is 4. The van der Waals surface area contributed by atoms with E-state index in [1.54, 1.807) is 63.6 Å². The second kappa shape index (κ2) is 42.0. The van der Waals surface area contributed by atoms with Crippen molar-refractivity contribution >= 4 is 133 Å². The maximum absolute atomic E-state index is 11.1. The Bertz CT molecular complexity index is 1090. The maximum atomic E-state index is 11.1. The third-order valence-corrected chi connectivity index (χ3v) is 16.7. The lowest BCUT2D eigenvalue weighted by Crippen LogP contribution is -2.37. The summed E-state index contributed by atoms with van der Waals surface area (Å²) in [6, 6.07) is -4.07. The molecule has 352 valence electrons. The lowest BCUT2D eigenvalue weighted by molar-refractivity contribution is -0.139. The van der Waals surface area contributed by atoms with Crippen LogP contribution >= 0.6 is 86.4 Å². The van der Waals surface area contributed by atoms with Crippen LogP contribution in [0.1, 0.15) is 27.7 Å². The van der Waals surface area contributed by atoms with Crippen LogP contribution in [-0.4, -0.2) is 190 Å². The Morgan fingerprint density at radius 3 is 0.717 bits per heavy atom. The second-order valence-corrected chi connectivity index (χ2v) is 22.1. The Morgan fingerprint density at radius 1 is 0.350 bits per heavy atom. The Morgan fingerprint density at radius 2 is 0.550 bits per heavy atom. The topological polar surface area (TPSA) is 370 Å². The fraction of sp³-hybridized carbons (Fsp3) is 0.750. The molecule has 8 atom stereocenters. The molecule has 0 aliphatic heterocycles. The van der Waals surface area contributed by atoms with Crippen molar-refractivity contribution < 1.29 is 58.8 Å². The number of nitrogens with two attached hydrogens (primary N) is 4. The summed E-state index contributed by atoms with van der Waals surface area (Å²) in [4.78, 5) is 85.5. The number of carboxylic acid groups (broad SMARTS) is 4. The molecular weight excluding hydrogens is 945 g/mol. The predicted molar refractivity (Wildman–Crippen MR) is 256 cm³/mol. The smallest absolute Gasteiger partial charge is 0.321 e. The summed E-state index contributed by atoms with van der Waals surface area (Å²) in [5.41, 5.74) is 21.4. The molecule has 60 heavy (non-hydrogen) atoms. The number of carboxylic acids is 4. The number of likely N-dealkylation sites (N-methyl/N-ethyl adjacent to an activating group) is 4. The molecule has 0 fully saturated rings. The zero-order valence-electron chi connectivity index (χ0n) is 34.9. The molecule has 0 heterocycles. The molecular formula is C32H64N8O12S8. The molecule has 16 N–H and O–H groups in total. The number of rotatable bonds is 32. The summed E-state index contributed by atoms with van der Waals surface area (Å²) < 4.78 is 0. The van der Waals surface area contributed by atoms with E-state index < -0.39 is 60.1 Å². The van der Waals surface area contributed by atoms with E-state index in [9.17, 15) is 38.4 Å². The van der Waals surface area contributed by atoms with Crippen LogP contribution in [0.5, 0.6) is 0 Å². The molecule has 0 aromatic rings. The van der Waals surface area contributed by atoms with Crippen molar-refractivity contribution in [2.45, 2.75) is 76.0 Å². The molecule has 0 aromatic heterocycles. The van der Waals surface area contributed by atoms with Crippen molar-refractivity contribution in [3.05, 3.63) is 0 Å². The minimum Gasteiger partial charge on any atom is -0.480 e. The van der Waals surface area contributed by atoms with Crippen LogP contribution < -0.4 is 44.2 Å². The van der Waals surface area contributed by atoms with Crippen LogP contribution in [0.15, 0.2) is 0 Å². The number of hydrogen-bond donors (Lipinski definition) is 12. The molecule has 0 saturated heterocycles. The monoisotopic (exact) mass is 1010 g/mol. The van der Waals surface area contributed by atoms with Gasteiger partial charge in [0.25, 0.3) is 0 Å². The summed E-state index contributed by atoms with van der Waals surface area (Å²) in [5, 5.41) is 45.5. The van der Waals surface area contributed by atoms with Crippen LogP contribution in [0.25, 0.3) is 0 Å². The van der Waals surface area contributed by atoms with Crippen molar-refractivity contribution in [3.8, 4) is 0 Å². The molecule has 8 unspecified atom stereocenters. The highest BCUT2D eigenvalue weighted by atomic mass is 33.1. The van der Waals surface area contributed by atoms with Gasteiger partial charge in [0, 0.05) is 46.0 Å². The zero-order chi connectivity index (χ0) is 47.4. The molecule has 20 nitrogen and oxygen atoms in total. The first-order valence-electron chi connectivity index (χ1n) is 17.6. The quantitative estimate of drug-likeness (QED) is 0.0307. The first-order valence-corrected chi connectivity index (χ1v) is 27.5. The van der Waals surface area contributed by atoms with Crippen molar-refractivity contribution in [1.29, 1.82) is 0 Å². The molecule has 0 amide bonds. The van der Waals surface area contributed by atoms with E-state index in [2.05, 4.69) is 21.3 Å². The van der Waals surface area contributed by atoms with Crippen LogP contribution in [0.4, 0.5) is 0 Å². The Balaban J connectivity index is -0.000000349. The molecule has 0 aliphatic rings. The molecule has 0 aliphatic carbocycles. The van der Waals surface area contributed by atoms with E-state index >= 15 is 0 Å². The van der Waals surface area contributed by atoms with Gasteiger partial charge in [-0.25, -0.2) is 0 Å². The Hall–Kier alpha value is -0.960. The Labute approximate surface area is 384 Å². The molecule has 28 heteroatoms. The number of aliphatic carboxylic acids is 4. The first-order chi connectivity index (χ1) is 27.9. The minimum absolute atomic E-state index is 0.0195. The maximum Gasteiger partial charge on any atom is 0.321 e. The van der Waals surface area contributed by atoms with Crippen LogP contribution in [0, 0.1) is 0 Å². The van der Waals surface area contributed by atoms with Crippen molar-refractivity contribution in [2.75, 3.05) is 74.2 Å². The summed E-state index contributed by atoms with van der Waals surface area (Å²) in [6.07, 6.45) is 0. The molecule has 0 bridgehead atoms. The average molecular weight is 1010 g/mol. The number of hydrogen-bond acceptors (Lipinski definition) is 24. The van der Waals surface area contributed by atoms with E-state index in [4.69, 9.17) is 43.4 Å². The van der Waals surface area contributed by atoms with Gasteiger partial charge in [0.2, 0.25) is 0 Å². The lowest BCUT2D eigenvalue weighted by atomic mass is 10.2. The summed E-state index contributed by atoms with van der Waals surface area (Å²) in [6.45, 7) is 6.10. The normalized spacial score (nSPS) is 14.6. The third-order valence-electron chi connectivity index (χ3n) is 6.91. The van der Waals surface area contributed by atoms with Gasteiger partial charge in [0.05, 0.1) is 24.2 Å². The van der Waals surface area contributed by atoms with Crippen LogP contribution in [0.3, 0.4) is 0 Å². The van der Waals surface area contributed by atoms with Gasteiger partial charge < -0.3 is 64.6 Å². The molecule has 0 radical (unpaired) electrons. The SMILES string of the molecule is CC(=O)C(N)CSSCC(N)C(C)=O.CNC(CSSCC(NC)C(=O)O)C(=O)O.CNC(CSSCC(NC)C(C)=O)C(C)=O.NC(CSSCC(N)C(=O)O)C(=O)O. The van der Waals surface area contributed by atoms with Gasteiger partial charge in [-0.05, 0) is 55.9 Å². The van der Waals surface area contributed by atoms with Gasteiger partial charge in [-0.3, -0.25) is 38.4 Å². The van der Waals surface area contributed by atoms with E-state index in [0.717, 1.165) is 11.5 Å². The lowest BCUT2D eigenvalue weighted by Gasteiger charge is -2.14. The number of nitrogens with one attached hydrogen (secondary N) is 4. The highest BCUT2D eigenvalue weighted by Crippen LogP contribution is 2.25. The van der Waals surface area contributed by atoms with Gasteiger partial charge in [-0.2, -0.15) is 0 Å². The first kappa shape index (κ1) is 65.7. The number of Topliss-reactive ketones (excluding diaryl/α,β-unsaturated/α-hetero) is 4. The van der Waals surface area contributed by atoms with Gasteiger partial charge in [0.1, 0.15) is 47.3 Å². The van der Waals surface area contributed by atoms with Gasteiger partial charge in [0.15, 0.2) is 0 Å². The van der Waals surface area contributed by atoms with Gasteiger partial charge in [-0.1, -0.05) is 86.4 Å². The van der Waals surface area contributed by atoms with E-state index in [-0.39, 0.29) is 46.7 Å². The Kier molecular flexibility index (Phi) is 46.0. The zero-order valence-corrected chi connectivity index (χ0v) is 41.4. The summed E-state index contributed by atoms with van der Waals surface area (Å²) in [5.74, 6) is 0.129. The minimum atomic E-state index is -1.07. The molecule has 0 saturated carbocycles. The summed E-state index contributed by atoms with van der Waals surface area (Å²) >= 11 is 0. The van der Waals surface area contributed by atoms with E-state index in [1.807, 2.05) is 0 Å². The van der Waals surface area contributed by atoms with Crippen LogP contribution in [-0.2, 0) is 38.4 Å². The molecule has 0 spiro atoms. The summed E-state index contributed by atoms with van der Waals surface area (Å²) in [7, 11) is 18.0. The van der Waals surface area contributed by atoms with E-state index in [0.29, 0.717) is 23.0 Å². The predicted octanol–water partition coefficient (Wildman–Crippen LogP) is -0.173. The number of carbonyl (C=O) groups excluding carboxylic acids is 4.